The maximum absolute atomic E-state index is 12.3. The molecule has 29 heavy (non-hydrogen) atoms. The lowest BCUT2D eigenvalue weighted by Crippen LogP contribution is -2.14. The van der Waals surface area contributed by atoms with Crippen molar-refractivity contribution in [3.63, 3.8) is 0 Å². The number of aromatic nitrogens is 3. The molecule has 0 aliphatic heterocycles. The number of nitrogens with one attached hydrogen (secondary N) is 1. The summed E-state index contributed by atoms with van der Waals surface area (Å²) < 4.78 is 2.93. The number of anilines is 2. The van der Waals surface area contributed by atoms with E-state index in [1.807, 2.05) is 72.1 Å². The number of thioether (sulfide) groups is 1. The quantitative estimate of drug-likeness (QED) is 0.381. The molecule has 150 valence electrons. The first kappa shape index (κ1) is 21.1. The van der Waals surface area contributed by atoms with Gasteiger partial charge in [0.15, 0.2) is 11.0 Å². The van der Waals surface area contributed by atoms with Crippen LogP contribution in [0.5, 0.6) is 0 Å². The first-order valence-corrected chi connectivity index (χ1v) is 10.8. The Balaban J connectivity index is 1.71. The van der Waals surface area contributed by atoms with Gasteiger partial charge in [-0.15, -0.1) is 16.8 Å². The number of amides is 1. The number of benzene rings is 2. The predicted molar refractivity (Wildman–Crippen MR) is 123 cm³/mol. The number of rotatable bonds is 8. The van der Waals surface area contributed by atoms with E-state index >= 15 is 0 Å². The first-order chi connectivity index (χ1) is 14.0. The first-order valence-electron chi connectivity index (χ1n) is 8.98. The summed E-state index contributed by atoms with van der Waals surface area (Å²) in [7, 11) is 4.01. The fourth-order valence-corrected chi connectivity index (χ4v) is 3.68. The number of carbonyl (C=O) groups excluding carboxylic acids is 1. The van der Waals surface area contributed by atoms with Crippen LogP contribution in [0.15, 0.2) is 70.8 Å². The average molecular weight is 472 g/mol. The molecule has 1 heterocycles. The van der Waals surface area contributed by atoms with Gasteiger partial charge in [0.1, 0.15) is 0 Å². The molecule has 0 aliphatic carbocycles. The van der Waals surface area contributed by atoms with Crippen LogP contribution in [0.1, 0.15) is 0 Å². The second-order valence-electron chi connectivity index (χ2n) is 6.49. The lowest BCUT2D eigenvalue weighted by Gasteiger charge is -2.13. The van der Waals surface area contributed by atoms with Gasteiger partial charge in [-0.2, -0.15) is 0 Å². The topological polar surface area (TPSA) is 63.1 Å². The van der Waals surface area contributed by atoms with Crippen LogP contribution in [0.4, 0.5) is 11.4 Å². The van der Waals surface area contributed by atoms with Gasteiger partial charge in [-0.25, -0.2) is 0 Å². The van der Waals surface area contributed by atoms with Gasteiger partial charge in [-0.05, 0) is 48.5 Å². The molecule has 0 bridgehead atoms. The third-order valence-corrected chi connectivity index (χ3v) is 5.63. The fourth-order valence-electron chi connectivity index (χ4n) is 2.67. The highest BCUT2D eigenvalue weighted by Crippen LogP contribution is 2.26. The lowest BCUT2D eigenvalue weighted by atomic mass is 10.2. The molecule has 8 heteroatoms. The molecule has 0 aliphatic rings. The van der Waals surface area contributed by atoms with Gasteiger partial charge in [-0.1, -0.05) is 33.8 Å². The number of allylic oxidation sites excluding steroid dienone is 1. The van der Waals surface area contributed by atoms with Crippen molar-refractivity contribution in [2.24, 2.45) is 0 Å². The molecule has 0 saturated carbocycles. The molecule has 1 aromatic heterocycles. The van der Waals surface area contributed by atoms with E-state index in [9.17, 15) is 4.79 Å². The summed E-state index contributed by atoms with van der Waals surface area (Å²) in [5, 5.41) is 12.2. The minimum atomic E-state index is -0.0950. The highest BCUT2D eigenvalue weighted by atomic mass is 79.9. The van der Waals surface area contributed by atoms with E-state index in [2.05, 4.69) is 38.0 Å². The molecule has 0 atom stereocenters. The van der Waals surface area contributed by atoms with Gasteiger partial charge in [-0.3, -0.25) is 9.36 Å². The molecule has 0 spiro atoms. The zero-order chi connectivity index (χ0) is 20.8. The largest absolute Gasteiger partial charge is 0.378 e. The molecule has 0 radical (unpaired) electrons. The molecule has 3 rings (SSSR count). The van der Waals surface area contributed by atoms with E-state index in [0.29, 0.717) is 11.7 Å². The second kappa shape index (κ2) is 9.76. The molecule has 3 aromatic rings. The Bertz CT molecular complexity index is 983. The Morgan fingerprint density at radius 1 is 1.17 bits per heavy atom. The van der Waals surface area contributed by atoms with E-state index in [0.717, 1.165) is 27.2 Å². The van der Waals surface area contributed by atoms with E-state index in [1.165, 1.54) is 11.8 Å². The highest BCUT2D eigenvalue weighted by molar-refractivity contribution is 9.10. The molecule has 6 nitrogen and oxygen atoms in total. The fraction of sp³-hybridized carbons (Fsp3) is 0.190. The Hall–Kier alpha value is -2.58. The van der Waals surface area contributed by atoms with Crippen LogP contribution >= 0.6 is 27.7 Å². The summed E-state index contributed by atoms with van der Waals surface area (Å²) >= 11 is 4.74. The molecule has 0 unspecified atom stereocenters. The molecule has 0 saturated heterocycles. The normalized spacial score (nSPS) is 10.6. The Labute approximate surface area is 183 Å². The van der Waals surface area contributed by atoms with Gasteiger partial charge in [0.25, 0.3) is 0 Å². The van der Waals surface area contributed by atoms with Crippen molar-refractivity contribution in [2.75, 3.05) is 30.1 Å². The maximum Gasteiger partial charge on any atom is 0.234 e. The van der Waals surface area contributed by atoms with Crippen molar-refractivity contribution in [3.05, 3.63) is 65.7 Å². The summed E-state index contributed by atoms with van der Waals surface area (Å²) in [6.07, 6.45) is 1.80. The van der Waals surface area contributed by atoms with E-state index in [1.54, 1.807) is 6.08 Å². The standard InChI is InChI=1S/C21H22BrN5OS/c1-4-13-27-20(15-5-11-18(12-6-15)26(2)3)24-25-21(27)29-14-19(28)23-17-9-7-16(22)8-10-17/h4-12H,1,13-14H2,2-3H3,(H,23,28). The van der Waals surface area contributed by atoms with Crippen molar-refractivity contribution in [1.29, 1.82) is 0 Å². The maximum atomic E-state index is 12.3. The molecule has 1 amide bonds. The van der Waals surface area contributed by atoms with Crippen LogP contribution in [-0.4, -0.2) is 40.5 Å². The number of hydrogen-bond acceptors (Lipinski definition) is 5. The Morgan fingerprint density at radius 3 is 2.48 bits per heavy atom. The van der Waals surface area contributed by atoms with Crippen molar-refractivity contribution >= 4 is 45.0 Å². The van der Waals surface area contributed by atoms with Crippen LogP contribution in [0, 0.1) is 0 Å². The molecule has 1 N–H and O–H groups in total. The Kier molecular flexibility index (Phi) is 7.11. The zero-order valence-electron chi connectivity index (χ0n) is 16.3. The minimum absolute atomic E-state index is 0.0950. The van der Waals surface area contributed by atoms with Crippen LogP contribution < -0.4 is 10.2 Å². The van der Waals surface area contributed by atoms with Gasteiger partial charge in [0.05, 0.1) is 5.75 Å². The molecular formula is C21H22BrN5OS. The minimum Gasteiger partial charge on any atom is -0.378 e. The second-order valence-corrected chi connectivity index (χ2v) is 8.35. The average Bonchev–Trinajstić information content (AvgIpc) is 3.11. The smallest absolute Gasteiger partial charge is 0.234 e. The van der Waals surface area contributed by atoms with Gasteiger partial charge >= 0.3 is 0 Å². The summed E-state index contributed by atoms with van der Waals surface area (Å²) in [5.74, 6) is 0.902. The van der Waals surface area contributed by atoms with E-state index in [-0.39, 0.29) is 11.7 Å². The molecular weight excluding hydrogens is 450 g/mol. The van der Waals surface area contributed by atoms with E-state index in [4.69, 9.17) is 0 Å². The molecule has 0 fully saturated rings. The summed E-state index contributed by atoms with van der Waals surface area (Å²) in [6, 6.07) is 15.6. The highest BCUT2D eigenvalue weighted by Gasteiger charge is 2.15. The van der Waals surface area contributed by atoms with Crippen LogP contribution in [-0.2, 0) is 11.3 Å². The third-order valence-electron chi connectivity index (χ3n) is 4.13. The summed E-state index contributed by atoms with van der Waals surface area (Å²) in [5.41, 5.74) is 2.84. The van der Waals surface area contributed by atoms with Crippen LogP contribution in [0.3, 0.4) is 0 Å². The van der Waals surface area contributed by atoms with Gasteiger partial charge in [0.2, 0.25) is 5.91 Å². The number of halogens is 1. The van der Waals surface area contributed by atoms with Gasteiger partial charge in [0, 0.05) is 42.1 Å². The van der Waals surface area contributed by atoms with Crippen molar-refractivity contribution in [1.82, 2.24) is 14.8 Å². The number of hydrogen-bond donors (Lipinski definition) is 1. The Morgan fingerprint density at radius 2 is 1.86 bits per heavy atom. The summed E-state index contributed by atoms with van der Waals surface area (Å²) in [4.78, 5) is 14.3. The van der Waals surface area contributed by atoms with Crippen molar-refractivity contribution in [2.45, 2.75) is 11.7 Å². The van der Waals surface area contributed by atoms with Crippen LogP contribution in [0.25, 0.3) is 11.4 Å². The SMILES string of the molecule is C=CCn1c(SCC(=O)Nc2ccc(Br)cc2)nnc1-c1ccc(N(C)C)cc1. The van der Waals surface area contributed by atoms with Crippen molar-refractivity contribution < 1.29 is 4.79 Å². The monoisotopic (exact) mass is 471 g/mol. The number of nitrogens with zero attached hydrogens (tertiary/aromatic N) is 4. The van der Waals surface area contributed by atoms with Crippen molar-refractivity contribution in [3.8, 4) is 11.4 Å². The molecule has 2 aromatic carbocycles. The third kappa shape index (κ3) is 5.48. The summed E-state index contributed by atoms with van der Waals surface area (Å²) in [6.45, 7) is 4.40. The van der Waals surface area contributed by atoms with Crippen LogP contribution in [0.2, 0.25) is 0 Å². The van der Waals surface area contributed by atoms with Gasteiger partial charge < -0.3 is 10.2 Å². The lowest BCUT2D eigenvalue weighted by molar-refractivity contribution is -0.113. The van der Waals surface area contributed by atoms with E-state index < -0.39 is 0 Å². The zero-order valence-corrected chi connectivity index (χ0v) is 18.7. The number of carbonyl (C=O) groups is 1. The predicted octanol–water partition coefficient (Wildman–Crippen LogP) is 4.69.